The summed E-state index contributed by atoms with van der Waals surface area (Å²) in [5.41, 5.74) is 1.48. The van der Waals surface area contributed by atoms with Crippen LogP contribution >= 0.6 is 0 Å². The second kappa shape index (κ2) is 12.6. The smallest absolute Gasteiger partial charge is 0.395 e. The number of alkyl halides is 3. The molecule has 0 radical (unpaired) electrons. The van der Waals surface area contributed by atoms with Gasteiger partial charge in [0.1, 0.15) is 11.5 Å². The Hall–Kier alpha value is -4.38. The number of amides is 2. The largest absolute Gasteiger partial charge is 0.433 e. The van der Waals surface area contributed by atoms with Gasteiger partial charge in [-0.2, -0.15) is 13.2 Å². The van der Waals surface area contributed by atoms with Gasteiger partial charge < -0.3 is 25.2 Å². The zero-order valence-corrected chi connectivity index (χ0v) is 22.9. The zero-order valence-electron chi connectivity index (χ0n) is 22.9. The van der Waals surface area contributed by atoms with Crippen molar-refractivity contribution in [3.63, 3.8) is 0 Å². The van der Waals surface area contributed by atoms with Gasteiger partial charge in [0.2, 0.25) is 0 Å². The van der Waals surface area contributed by atoms with Gasteiger partial charge in [0.05, 0.1) is 17.8 Å². The van der Waals surface area contributed by atoms with E-state index < -0.39 is 17.9 Å². The standard InChI is InChI=1S/C31H32F3N5O3/c32-31(33,34)27-11-9-23(29(37-27)38-15-13-22(14-16-38)19-21-5-2-1-3-6-21)20-35-30(42)36-25-7-4-8-26-24(25)10-12-28(41)39(26)17-18-40/h1-12,22,40H,13-20H2,(H2,35,36,42). The molecular weight excluding hydrogens is 547 g/mol. The summed E-state index contributed by atoms with van der Waals surface area (Å²) in [7, 11) is 0. The predicted molar refractivity (Wildman–Crippen MR) is 155 cm³/mol. The SMILES string of the molecule is O=C(NCc1ccc(C(F)(F)F)nc1N1CCC(Cc2ccccc2)CC1)Nc1cccc2c1ccc(=O)n2CCO. The summed E-state index contributed by atoms with van der Waals surface area (Å²) in [6.45, 7) is 0.994. The first kappa shape index (κ1) is 29.1. The molecule has 0 aliphatic carbocycles. The number of pyridine rings is 2. The average Bonchev–Trinajstić information content (AvgIpc) is 2.98. The molecule has 3 heterocycles. The van der Waals surface area contributed by atoms with E-state index in [-0.39, 0.29) is 31.1 Å². The fraction of sp³-hybridized carbons (Fsp3) is 0.323. The number of nitrogens with one attached hydrogen (secondary N) is 2. The molecule has 1 saturated heterocycles. The molecule has 1 aliphatic rings. The molecule has 8 nitrogen and oxygen atoms in total. The third-order valence-electron chi connectivity index (χ3n) is 7.57. The normalized spacial score (nSPS) is 14.2. The van der Waals surface area contributed by atoms with Crippen molar-refractivity contribution in [1.29, 1.82) is 0 Å². The number of carbonyl (C=O) groups excluding carboxylic acids is 1. The maximum absolute atomic E-state index is 13.6. The number of piperidine rings is 1. The molecule has 3 N–H and O–H groups in total. The minimum Gasteiger partial charge on any atom is -0.395 e. The summed E-state index contributed by atoms with van der Waals surface area (Å²) < 4.78 is 42.1. The first-order valence-electron chi connectivity index (χ1n) is 13.9. The van der Waals surface area contributed by atoms with E-state index in [0.29, 0.717) is 41.2 Å². The molecule has 0 saturated carbocycles. The lowest BCUT2D eigenvalue weighted by Crippen LogP contribution is -2.37. The molecule has 4 aromatic rings. The molecule has 220 valence electrons. The molecule has 5 rings (SSSR count). The van der Waals surface area contributed by atoms with Crippen LogP contribution in [0.2, 0.25) is 0 Å². The molecule has 2 aromatic carbocycles. The Kier molecular flexibility index (Phi) is 8.77. The van der Waals surface area contributed by atoms with Crippen molar-refractivity contribution in [2.75, 3.05) is 29.9 Å². The first-order chi connectivity index (χ1) is 20.2. The maximum Gasteiger partial charge on any atom is 0.433 e. The van der Waals surface area contributed by atoms with E-state index in [4.69, 9.17) is 0 Å². The monoisotopic (exact) mass is 579 g/mol. The van der Waals surface area contributed by atoms with Gasteiger partial charge in [0, 0.05) is 43.2 Å². The number of aliphatic hydroxyl groups is 1. The van der Waals surface area contributed by atoms with Crippen LogP contribution in [0.3, 0.4) is 0 Å². The van der Waals surface area contributed by atoms with Crippen LogP contribution in [0.5, 0.6) is 0 Å². The summed E-state index contributed by atoms with van der Waals surface area (Å²) in [5, 5.41) is 15.4. The van der Waals surface area contributed by atoms with E-state index in [1.165, 1.54) is 22.3 Å². The van der Waals surface area contributed by atoms with Crippen molar-refractivity contribution in [1.82, 2.24) is 14.9 Å². The minimum atomic E-state index is -4.59. The number of urea groups is 1. The van der Waals surface area contributed by atoms with Crippen molar-refractivity contribution in [2.24, 2.45) is 5.92 Å². The van der Waals surface area contributed by atoms with E-state index in [1.807, 2.05) is 23.1 Å². The molecule has 42 heavy (non-hydrogen) atoms. The molecule has 0 spiro atoms. The molecule has 0 unspecified atom stereocenters. The third kappa shape index (κ3) is 6.73. The van der Waals surface area contributed by atoms with Crippen LogP contribution < -0.4 is 21.1 Å². The molecular formula is C31H32F3N5O3. The van der Waals surface area contributed by atoms with Crippen molar-refractivity contribution in [3.8, 4) is 0 Å². The van der Waals surface area contributed by atoms with Crippen molar-refractivity contribution < 1.29 is 23.1 Å². The number of rotatable bonds is 8. The van der Waals surface area contributed by atoms with E-state index in [9.17, 15) is 27.9 Å². The molecule has 2 aromatic heterocycles. The van der Waals surface area contributed by atoms with Gasteiger partial charge in [-0.3, -0.25) is 4.79 Å². The average molecular weight is 580 g/mol. The van der Waals surface area contributed by atoms with Gasteiger partial charge in [-0.05, 0) is 55.0 Å². The van der Waals surface area contributed by atoms with Crippen LogP contribution in [0.15, 0.2) is 77.6 Å². The highest BCUT2D eigenvalue weighted by Gasteiger charge is 2.34. The lowest BCUT2D eigenvalue weighted by molar-refractivity contribution is -0.141. The van der Waals surface area contributed by atoms with Crippen LogP contribution in [0.4, 0.5) is 29.5 Å². The summed E-state index contributed by atoms with van der Waals surface area (Å²) in [4.78, 5) is 31.0. The highest BCUT2D eigenvalue weighted by atomic mass is 19.4. The molecule has 11 heteroatoms. The topological polar surface area (TPSA) is 99.5 Å². The summed E-state index contributed by atoms with van der Waals surface area (Å²) in [5.74, 6) is 0.651. The second-order valence-electron chi connectivity index (χ2n) is 10.4. The lowest BCUT2D eigenvalue weighted by atomic mass is 9.90. The zero-order chi connectivity index (χ0) is 29.7. The molecule has 0 atom stereocenters. The van der Waals surface area contributed by atoms with Crippen LogP contribution in [-0.2, 0) is 25.7 Å². The lowest BCUT2D eigenvalue weighted by Gasteiger charge is -2.34. The second-order valence-corrected chi connectivity index (χ2v) is 10.4. The number of aromatic nitrogens is 2. The number of halogens is 3. The summed E-state index contributed by atoms with van der Waals surface area (Å²) in [6.07, 6.45) is -2.02. The summed E-state index contributed by atoms with van der Waals surface area (Å²) in [6, 6.07) is 19.9. The number of hydrogen-bond donors (Lipinski definition) is 3. The first-order valence-corrected chi connectivity index (χ1v) is 13.9. The van der Waals surface area contributed by atoms with Crippen molar-refractivity contribution >= 4 is 28.4 Å². The Morgan fingerprint density at radius 3 is 2.45 bits per heavy atom. The third-order valence-corrected chi connectivity index (χ3v) is 7.57. The highest BCUT2D eigenvalue weighted by Crippen LogP contribution is 2.33. The fourth-order valence-corrected chi connectivity index (χ4v) is 5.45. The molecule has 0 bridgehead atoms. The number of benzene rings is 2. The van der Waals surface area contributed by atoms with Crippen molar-refractivity contribution in [2.45, 2.75) is 38.5 Å². The van der Waals surface area contributed by atoms with E-state index in [0.717, 1.165) is 25.3 Å². The fourth-order valence-electron chi connectivity index (χ4n) is 5.45. The van der Waals surface area contributed by atoms with E-state index >= 15 is 0 Å². The predicted octanol–water partition coefficient (Wildman–Crippen LogP) is 5.19. The Labute approximate surface area is 240 Å². The van der Waals surface area contributed by atoms with Gasteiger partial charge in [-0.15, -0.1) is 0 Å². The number of carbonyl (C=O) groups is 1. The number of anilines is 2. The van der Waals surface area contributed by atoms with Gasteiger partial charge in [0.25, 0.3) is 5.56 Å². The molecule has 2 amide bonds. The molecule has 1 fully saturated rings. The quantitative estimate of drug-likeness (QED) is 0.267. The highest BCUT2D eigenvalue weighted by molar-refractivity contribution is 6.00. The van der Waals surface area contributed by atoms with E-state index in [1.54, 1.807) is 24.3 Å². The van der Waals surface area contributed by atoms with Gasteiger partial charge in [-0.1, -0.05) is 42.5 Å². The van der Waals surface area contributed by atoms with Crippen LogP contribution in [0.1, 0.15) is 29.7 Å². The van der Waals surface area contributed by atoms with Crippen LogP contribution in [0, 0.1) is 5.92 Å². The summed E-state index contributed by atoms with van der Waals surface area (Å²) >= 11 is 0. The van der Waals surface area contributed by atoms with Crippen molar-refractivity contribution in [3.05, 3.63) is 100.0 Å². The molecule has 1 aliphatic heterocycles. The number of nitrogens with zero attached hydrogens (tertiary/aromatic N) is 3. The van der Waals surface area contributed by atoms with Gasteiger partial charge in [-0.25, -0.2) is 9.78 Å². The Morgan fingerprint density at radius 1 is 0.976 bits per heavy atom. The van der Waals surface area contributed by atoms with Crippen LogP contribution in [0.25, 0.3) is 10.9 Å². The Balaban J connectivity index is 1.30. The van der Waals surface area contributed by atoms with Gasteiger partial charge in [0.15, 0.2) is 0 Å². The Bertz CT molecular complexity index is 1600. The number of fused-ring (bicyclic) bond motifs is 1. The minimum absolute atomic E-state index is 0.0315. The number of aliphatic hydroxyl groups excluding tert-OH is 1. The van der Waals surface area contributed by atoms with Crippen LogP contribution in [-0.4, -0.2) is 40.4 Å². The number of hydrogen-bond acceptors (Lipinski definition) is 5. The van der Waals surface area contributed by atoms with Gasteiger partial charge >= 0.3 is 12.2 Å². The maximum atomic E-state index is 13.6. The Morgan fingerprint density at radius 2 is 1.74 bits per heavy atom. The van der Waals surface area contributed by atoms with E-state index in [2.05, 4.69) is 27.8 Å².